The lowest BCUT2D eigenvalue weighted by Crippen LogP contribution is -2.65. The second-order valence-electron chi connectivity index (χ2n) is 14.0. The lowest BCUT2D eigenvalue weighted by atomic mass is 9.79. The van der Waals surface area contributed by atoms with Gasteiger partial charge in [-0.25, -0.2) is 9.59 Å². The number of anilines is 3. The number of carbonyl (C=O) groups excluding carboxylic acids is 3. The van der Waals surface area contributed by atoms with E-state index in [4.69, 9.17) is 13.9 Å². The Morgan fingerprint density at radius 3 is 2.39 bits per heavy atom. The van der Waals surface area contributed by atoms with Gasteiger partial charge in [0.25, 0.3) is 5.91 Å². The van der Waals surface area contributed by atoms with Crippen molar-refractivity contribution in [2.75, 3.05) is 28.6 Å². The quantitative estimate of drug-likeness (QED) is 0.245. The van der Waals surface area contributed by atoms with E-state index in [2.05, 4.69) is 25.9 Å². The van der Waals surface area contributed by atoms with Gasteiger partial charge in [0, 0.05) is 31.4 Å². The van der Waals surface area contributed by atoms with Crippen LogP contribution in [0.1, 0.15) is 84.7 Å². The highest BCUT2D eigenvalue weighted by Crippen LogP contribution is 2.36. The van der Waals surface area contributed by atoms with Gasteiger partial charge in [-0.15, -0.1) is 0 Å². The molecule has 13 nitrogen and oxygen atoms in total. The Hall–Kier alpha value is -4.39. The summed E-state index contributed by atoms with van der Waals surface area (Å²) in [6, 6.07) is 2.86. The molecule has 4 rings (SSSR count). The van der Waals surface area contributed by atoms with E-state index in [1.807, 2.05) is 18.7 Å². The van der Waals surface area contributed by atoms with Crippen molar-refractivity contribution >= 4 is 46.5 Å². The molecule has 0 aromatic carbocycles. The van der Waals surface area contributed by atoms with Crippen LogP contribution in [0, 0.1) is 5.92 Å². The maximum atomic E-state index is 14.0. The van der Waals surface area contributed by atoms with Gasteiger partial charge in [0.15, 0.2) is 5.58 Å². The van der Waals surface area contributed by atoms with Crippen LogP contribution >= 0.6 is 0 Å². The highest BCUT2D eigenvalue weighted by molar-refractivity contribution is 6.16. The summed E-state index contributed by atoms with van der Waals surface area (Å²) in [4.78, 5) is 50.1. The third kappa shape index (κ3) is 8.25. The molecule has 0 saturated carbocycles. The van der Waals surface area contributed by atoms with E-state index in [1.54, 1.807) is 73.0 Å². The van der Waals surface area contributed by atoms with Gasteiger partial charge in [0.1, 0.15) is 22.3 Å². The van der Waals surface area contributed by atoms with Crippen molar-refractivity contribution in [1.29, 1.82) is 0 Å². The van der Waals surface area contributed by atoms with Crippen molar-refractivity contribution in [3.63, 3.8) is 0 Å². The van der Waals surface area contributed by atoms with Crippen molar-refractivity contribution in [3.8, 4) is 0 Å². The van der Waals surface area contributed by atoms with Crippen LogP contribution in [0.2, 0.25) is 0 Å². The molecule has 3 amide bonds. The average Bonchev–Trinajstić information content (AvgIpc) is 3.26. The van der Waals surface area contributed by atoms with Crippen LogP contribution in [-0.4, -0.2) is 69.1 Å². The first-order valence-electron chi connectivity index (χ1n) is 15.5. The topological polar surface area (TPSA) is 168 Å². The number of amides is 3. The monoisotopic (exact) mass is 638 g/mol. The number of piperidine rings is 1. The lowest BCUT2D eigenvalue weighted by Gasteiger charge is -2.48. The molecule has 4 heterocycles. The van der Waals surface area contributed by atoms with Gasteiger partial charge in [-0.2, -0.15) is 0 Å². The molecule has 3 aromatic rings. The van der Waals surface area contributed by atoms with E-state index in [0.29, 0.717) is 23.5 Å². The number of alkyl carbamates (subject to hydrolysis) is 1. The Labute approximate surface area is 269 Å². The second-order valence-corrected chi connectivity index (χ2v) is 14.0. The maximum Gasteiger partial charge on any atom is 0.414 e. The fourth-order valence-electron chi connectivity index (χ4n) is 5.26. The minimum Gasteiger partial charge on any atom is -0.444 e. The Morgan fingerprint density at radius 2 is 1.74 bits per heavy atom. The number of nitrogens with zero attached hydrogens (tertiary/aromatic N) is 3. The molecule has 3 atom stereocenters. The maximum absolute atomic E-state index is 14.0. The van der Waals surface area contributed by atoms with E-state index >= 15 is 0 Å². The number of aryl methyl sites for hydroxylation is 1. The average molecular weight is 639 g/mol. The van der Waals surface area contributed by atoms with Crippen LogP contribution in [0.4, 0.5) is 26.8 Å². The first kappa shape index (κ1) is 34.5. The van der Waals surface area contributed by atoms with Gasteiger partial charge in [-0.3, -0.25) is 20.1 Å². The molecule has 0 unspecified atom stereocenters. The lowest BCUT2D eigenvalue weighted by molar-refractivity contribution is -0.0405. The van der Waals surface area contributed by atoms with Crippen molar-refractivity contribution in [2.24, 2.45) is 5.92 Å². The molecule has 0 aliphatic carbocycles. The number of carbonyl (C=O) groups is 3. The van der Waals surface area contributed by atoms with Crippen molar-refractivity contribution in [3.05, 3.63) is 41.9 Å². The van der Waals surface area contributed by atoms with Crippen LogP contribution < -0.4 is 20.9 Å². The van der Waals surface area contributed by atoms with E-state index in [0.717, 1.165) is 18.4 Å². The zero-order valence-corrected chi connectivity index (χ0v) is 28.1. The predicted octanol–water partition coefficient (Wildman–Crippen LogP) is 5.88. The summed E-state index contributed by atoms with van der Waals surface area (Å²) in [7, 11) is 0. The zero-order valence-electron chi connectivity index (χ0n) is 28.1. The van der Waals surface area contributed by atoms with Crippen LogP contribution in [0.5, 0.6) is 0 Å². The summed E-state index contributed by atoms with van der Waals surface area (Å²) < 4.78 is 16.8. The first-order chi connectivity index (χ1) is 21.4. The minimum absolute atomic E-state index is 0.0260. The van der Waals surface area contributed by atoms with Gasteiger partial charge in [0.2, 0.25) is 5.88 Å². The fourth-order valence-corrected chi connectivity index (χ4v) is 5.26. The molecule has 0 spiro atoms. The van der Waals surface area contributed by atoms with Gasteiger partial charge >= 0.3 is 12.2 Å². The molecule has 1 saturated heterocycles. The molecule has 1 fully saturated rings. The van der Waals surface area contributed by atoms with E-state index in [1.165, 1.54) is 6.20 Å². The van der Waals surface area contributed by atoms with Gasteiger partial charge in [0.05, 0.1) is 29.2 Å². The molecule has 4 N–H and O–H groups in total. The molecule has 0 bridgehead atoms. The predicted molar refractivity (Wildman–Crippen MR) is 175 cm³/mol. The van der Waals surface area contributed by atoms with Gasteiger partial charge in [-0.05, 0) is 72.6 Å². The molecule has 250 valence electrons. The Kier molecular flexibility index (Phi) is 9.86. The molecule has 13 heteroatoms. The molecule has 1 aliphatic heterocycles. The number of furan rings is 1. The number of ether oxygens (including phenoxy) is 2. The molecular weight excluding hydrogens is 592 g/mol. The third-order valence-electron chi connectivity index (χ3n) is 7.64. The first-order valence-corrected chi connectivity index (χ1v) is 15.5. The molecule has 3 aromatic heterocycles. The zero-order chi connectivity index (χ0) is 34.0. The Morgan fingerprint density at radius 1 is 1.07 bits per heavy atom. The van der Waals surface area contributed by atoms with Crippen molar-refractivity contribution < 1.29 is 33.4 Å². The SMILES string of the molecule is CCCc1cnc2c(C(=O)Nc3cnccc3N3C[C@H](C)[C@](C)(O)[C@H](NC(=O)OC(C)(C)C)C3)c(NC(=O)OC(C)(C)C)oc2c1. The summed E-state index contributed by atoms with van der Waals surface area (Å²) in [6.07, 6.45) is 5.03. The number of hydrogen-bond donors (Lipinski definition) is 4. The number of hydrogen-bond acceptors (Lipinski definition) is 10. The Bertz CT molecular complexity index is 1590. The number of aliphatic hydroxyl groups is 1. The summed E-state index contributed by atoms with van der Waals surface area (Å²) in [5.74, 6) is -0.963. The van der Waals surface area contributed by atoms with E-state index < -0.39 is 40.9 Å². The Balaban J connectivity index is 1.65. The summed E-state index contributed by atoms with van der Waals surface area (Å²) in [6.45, 7) is 16.8. The third-order valence-corrected chi connectivity index (χ3v) is 7.64. The second kappa shape index (κ2) is 13.1. The smallest absolute Gasteiger partial charge is 0.414 e. The highest BCUT2D eigenvalue weighted by atomic mass is 16.6. The van der Waals surface area contributed by atoms with Crippen molar-refractivity contribution in [2.45, 2.75) is 98.0 Å². The van der Waals surface area contributed by atoms with Crippen LogP contribution in [0.3, 0.4) is 0 Å². The standard InChI is InChI=1S/C33H46N6O7/c1-10-11-20-14-23-26(35-15-20)25(28(44-23)38-30(42)46-32(6,7)8)27(40)36-21-16-34-13-12-22(21)39-17-19(2)33(9,43)24(18-39)37-29(41)45-31(3,4)5/h12-16,19,24,43H,10-11,17-18H2,1-9H3,(H,36,40)(H,37,41)(H,38,42)/t19-,24+,33-/m0/s1. The number of nitrogens with one attached hydrogen (secondary N) is 3. The normalized spacial score (nSPS) is 20.3. The number of aromatic nitrogens is 2. The van der Waals surface area contributed by atoms with E-state index in [9.17, 15) is 19.5 Å². The van der Waals surface area contributed by atoms with Gasteiger partial charge in [-0.1, -0.05) is 20.3 Å². The van der Waals surface area contributed by atoms with Crippen molar-refractivity contribution in [1.82, 2.24) is 15.3 Å². The van der Waals surface area contributed by atoms with Crippen LogP contribution in [0.15, 0.2) is 35.1 Å². The molecule has 1 aliphatic rings. The van der Waals surface area contributed by atoms with Gasteiger partial charge < -0.3 is 34.5 Å². The number of rotatable bonds is 7. The number of pyridine rings is 2. The summed E-state index contributed by atoms with van der Waals surface area (Å²) in [5, 5.41) is 19.7. The molecule has 0 radical (unpaired) electrons. The van der Waals surface area contributed by atoms with Crippen LogP contribution in [-0.2, 0) is 15.9 Å². The summed E-state index contributed by atoms with van der Waals surface area (Å²) in [5.41, 5.74) is -0.149. The molecular formula is C33H46N6O7. The van der Waals surface area contributed by atoms with Crippen LogP contribution in [0.25, 0.3) is 11.1 Å². The van der Waals surface area contributed by atoms with E-state index in [-0.39, 0.29) is 29.4 Å². The number of fused-ring (bicyclic) bond motifs is 1. The summed E-state index contributed by atoms with van der Waals surface area (Å²) >= 11 is 0. The minimum atomic E-state index is -1.23. The molecule has 46 heavy (non-hydrogen) atoms. The largest absolute Gasteiger partial charge is 0.444 e. The fraction of sp³-hybridized carbons (Fsp3) is 0.545. The highest BCUT2D eigenvalue weighted by Gasteiger charge is 2.45.